The fourth-order valence-electron chi connectivity index (χ4n) is 4.16. The molecule has 0 amide bonds. The number of rotatable bonds is 7. The molecule has 0 aliphatic heterocycles. The number of carbonyl (C=O) groups is 2. The van der Waals surface area contributed by atoms with Gasteiger partial charge in [0.05, 0.1) is 19.3 Å². The summed E-state index contributed by atoms with van der Waals surface area (Å²) in [6, 6.07) is 9.45. The number of hydrogen-bond donors (Lipinski definition) is 1. The molecule has 1 aliphatic carbocycles. The lowest BCUT2D eigenvalue weighted by Gasteiger charge is -2.46. The van der Waals surface area contributed by atoms with Crippen molar-refractivity contribution in [3.63, 3.8) is 0 Å². The Labute approximate surface area is 167 Å². The molecule has 1 aromatic rings. The monoisotopic (exact) mass is 388 g/mol. The molecule has 1 aliphatic rings. The molecule has 0 saturated carbocycles. The van der Waals surface area contributed by atoms with Crippen molar-refractivity contribution in [3.05, 3.63) is 48.0 Å². The van der Waals surface area contributed by atoms with Gasteiger partial charge >= 0.3 is 11.9 Å². The van der Waals surface area contributed by atoms with E-state index in [2.05, 4.69) is 0 Å². The van der Waals surface area contributed by atoms with Crippen molar-refractivity contribution in [2.24, 2.45) is 16.7 Å². The summed E-state index contributed by atoms with van der Waals surface area (Å²) in [4.78, 5) is 26.2. The van der Waals surface area contributed by atoms with Crippen LogP contribution in [0.4, 0.5) is 0 Å². The lowest BCUT2D eigenvalue weighted by atomic mass is 9.58. The van der Waals surface area contributed by atoms with E-state index in [4.69, 9.17) is 9.47 Å². The molecule has 3 atom stereocenters. The number of aliphatic hydroxyl groups is 1. The van der Waals surface area contributed by atoms with Crippen LogP contribution in [-0.4, -0.2) is 36.4 Å². The maximum absolute atomic E-state index is 13.1. The quantitative estimate of drug-likeness (QED) is 0.436. The molecule has 1 aromatic carbocycles. The third-order valence-electron chi connectivity index (χ3n) is 5.66. The Hall–Kier alpha value is -2.14. The van der Waals surface area contributed by atoms with E-state index in [1.807, 2.05) is 51.1 Å². The molecule has 5 nitrogen and oxygen atoms in total. The second kappa shape index (κ2) is 8.91. The van der Waals surface area contributed by atoms with E-state index in [9.17, 15) is 14.7 Å². The van der Waals surface area contributed by atoms with Gasteiger partial charge in [0.1, 0.15) is 0 Å². The maximum Gasteiger partial charge on any atom is 0.328 e. The molecule has 0 bridgehead atoms. The van der Waals surface area contributed by atoms with Gasteiger partial charge in [-0.25, -0.2) is 0 Å². The molecule has 0 heterocycles. The van der Waals surface area contributed by atoms with Crippen molar-refractivity contribution < 1.29 is 24.2 Å². The van der Waals surface area contributed by atoms with E-state index in [0.29, 0.717) is 6.42 Å². The third-order valence-corrected chi connectivity index (χ3v) is 5.66. The van der Waals surface area contributed by atoms with Crippen LogP contribution in [0.3, 0.4) is 0 Å². The highest BCUT2D eigenvalue weighted by Crippen LogP contribution is 2.53. The normalized spacial score (nSPS) is 24.6. The Morgan fingerprint density at radius 2 is 1.61 bits per heavy atom. The summed E-state index contributed by atoms with van der Waals surface area (Å²) in [7, 11) is 0. The predicted octanol–water partition coefficient (Wildman–Crippen LogP) is 3.87. The largest absolute Gasteiger partial charge is 0.465 e. The van der Waals surface area contributed by atoms with Gasteiger partial charge in [-0.3, -0.25) is 9.59 Å². The van der Waals surface area contributed by atoms with Crippen LogP contribution in [0, 0.1) is 16.7 Å². The van der Waals surface area contributed by atoms with Crippen LogP contribution >= 0.6 is 0 Å². The van der Waals surface area contributed by atoms with Gasteiger partial charge in [-0.05, 0) is 31.7 Å². The summed E-state index contributed by atoms with van der Waals surface area (Å²) in [5.41, 5.74) is -1.31. The summed E-state index contributed by atoms with van der Waals surface area (Å²) in [6.45, 7) is 9.65. The van der Waals surface area contributed by atoms with Crippen LogP contribution < -0.4 is 0 Å². The smallest absolute Gasteiger partial charge is 0.328 e. The molecule has 0 radical (unpaired) electrons. The summed E-state index contributed by atoms with van der Waals surface area (Å²) < 4.78 is 10.7. The molecule has 0 unspecified atom stereocenters. The molecule has 1 N–H and O–H groups in total. The second-order valence-corrected chi connectivity index (χ2v) is 8.01. The van der Waals surface area contributed by atoms with Gasteiger partial charge in [0.25, 0.3) is 0 Å². The average molecular weight is 389 g/mol. The Bertz CT molecular complexity index is 691. The zero-order chi connectivity index (χ0) is 20.9. The number of esters is 2. The van der Waals surface area contributed by atoms with Crippen LogP contribution in [0.15, 0.2) is 42.5 Å². The standard InChI is InChI=1S/C23H32O5/c1-6-27-20(25)23(21(26)28-7-2)14-13-22(5,19(24)16(3)4)15-18(23)17-11-9-8-10-12-17/h8-14,16,18-19,24H,6-7,15H2,1-5H3/t18-,19-,22+/m0/s1. The molecule has 0 saturated heterocycles. The molecule has 0 fully saturated rings. The van der Waals surface area contributed by atoms with E-state index in [1.54, 1.807) is 26.0 Å². The Balaban J connectivity index is 2.68. The first-order chi connectivity index (χ1) is 13.2. The van der Waals surface area contributed by atoms with Crippen molar-refractivity contribution in [3.8, 4) is 0 Å². The van der Waals surface area contributed by atoms with E-state index >= 15 is 0 Å². The van der Waals surface area contributed by atoms with Crippen molar-refractivity contribution in [2.45, 2.75) is 53.1 Å². The zero-order valence-electron chi connectivity index (χ0n) is 17.5. The van der Waals surface area contributed by atoms with Crippen molar-refractivity contribution >= 4 is 11.9 Å². The molecule has 2 rings (SSSR count). The summed E-state index contributed by atoms with van der Waals surface area (Å²) in [6.07, 6.45) is 3.21. The Morgan fingerprint density at radius 3 is 2.07 bits per heavy atom. The lowest BCUT2D eigenvalue weighted by molar-refractivity contribution is -0.171. The first-order valence-corrected chi connectivity index (χ1v) is 10.0. The van der Waals surface area contributed by atoms with Crippen LogP contribution in [-0.2, 0) is 19.1 Å². The summed E-state index contributed by atoms with van der Waals surface area (Å²) in [5, 5.41) is 10.8. The number of aliphatic hydroxyl groups excluding tert-OH is 1. The first kappa shape index (κ1) is 22.2. The zero-order valence-corrected chi connectivity index (χ0v) is 17.5. The minimum atomic E-state index is -1.57. The van der Waals surface area contributed by atoms with Crippen LogP contribution in [0.2, 0.25) is 0 Å². The van der Waals surface area contributed by atoms with Gasteiger partial charge < -0.3 is 14.6 Å². The topological polar surface area (TPSA) is 72.8 Å². The van der Waals surface area contributed by atoms with Crippen molar-refractivity contribution in [1.82, 2.24) is 0 Å². The molecule has 5 heteroatoms. The predicted molar refractivity (Wildman–Crippen MR) is 108 cm³/mol. The Kier molecular flexibility index (Phi) is 7.05. The highest BCUT2D eigenvalue weighted by molar-refractivity contribution is 6.04. The number of ether oxygens (including phenoxy) is 2. The van der Waals surface area contributed by atoms with E-state index in [1.165, 1.54) is 0 Å². The SMILES string of the molecule is CCOC(=O)C1(C(=O)OCC)C=C[C@@](C)([C@@H](O)C(C)C)C[C@H]1c1ccccc1. The molecule has 0 aromatic heterocycles. The van der Waals surface area contributed by atoms with E-state index in [-0.39, 0.29) is 19.1 Å². The second-order valence-electron chi connectivity index (χ2n) is 8.01. The van der Waals surface area contributed by atoms with Gasteiger partial charge in [-0.15, -0.1) is 0 Å². The fourth-order valence-corrected chi connectivity index (χ4v) is 4.16. The molecule has 0 spiro atoms. The van der Waals surface area contributed by atoms with Crippen LogP contribution in [0.25, 0.3) is 0 Å². The van der Waals surface area contributed by atoms with Crippen molar-refractivity contribution in [1.29, 1.82) is 0 Å². The molecule has 154 valence electrons. The number of hydrogen-bond acceptors (Lipinski definition) is 5. The molecular weight excluding hydrogens is 356 g/mol. The average Bonchev–Trinajstić information content (AvgIpc) is 2.68. The first-order valence-electron chi connectivity index (χ1n) is 10.0. The summed E-state index contributed by atoms with van der Waals surface area (Å²) in [5.74, 6) is -1.70. The van der Waals surface area contributed by atoms with Gasteiger partial charge in [-0.2, -0.15) is 0 Å². The maximum atomic E-state index is 13.1. The van der Waals surface area contributed by atoms with Crippen LogP contribution in [0.1, 0.15) is 52.5 Å². The van der Waals surface area contributed by atoms with Gasteiger partial charge in [0.15, 0.2) is 5.41 Å². The molecule has 28 heavy (non-hydrogen) atoms. The fraction of sp³-hybridized carbons (Fsp3) is 0.565. The third kappa shape index (κ3) is 4.00. The van der Waals surface area contributed by atoms with Crippen LogP contribution in [0.5, 0.6) is 0 Å². The number of benzene rings is 1. The van der Waals surface area contributed by atoms with Crippen molar-refractivity contribution in [2.75, 3.05) is 13.2 Å². The Morgan fingerprint density at radius 1 is 1.07 bits per heavy atom. The van der Waals surface area contributed by atoms with E-state index in [0.717, 1.165) is 5.56 Å². The minimum Gasteiger partial charge on any atom is -0.465 e. The highest BCUT2D eigenvalue weighted by Gasteiger charge is 2.58. The van der Waals surface area contributed by atoms with Gasteiger partial charge in [-0.1, -0.05) is 63.3 Å². The molecular formula is C23H32O5. The number of carbonyl (C=O) groups excluding carboxylic acids is 2. The highest BCUT2D eigenvalue weighted by atomic mass is 16.6. The van der Waals surface area contributed by atoms with Gasteiger partial charge in [0, 0.05) is 11.3 Å². The van der Waals surface area contributed by atoms with E-state index < -0.39 is 34.8 Å². The summed E-state index contributed by atoms with van der Waals surface area (Å²) >= 11 is 0. The lowest BCUT2D eigenvalue weighted by Crippen LogP contribution is -2.51. The van der Waals surface area contributed by atoms with Gasteiger partial charge in [0.2, 0.25) is 0 Å². The minimum absolute atomic E-state index is 0.0313.